The van der Waals surface area contributed by atoms with Gasteiger partial charge in [0.25, 0.3) is 0 Å². The van der Waals surface area contributed by atoms with E-state index in [0.29, 0.717) is 5.92 Å². The Balaban J connectivity index is 1.67. The van der Waals surface area contributed by atoms with Gasteiger partial charge in [0.15, 0.2) is 5.96 Å². The van der Waals surface area contributed by atoms with Crippen LogP contribution in [0, 0.1) is 19.8 Å². The molecule has 1 aliphatic heterocycles. The van der Waals surface area contributed by atoms with Crippen LogP contribution in [0.25, 0.3) is 0 Å². The summed E-state index contributed by atoms with van der Waals surface area (Å²) < 4.78 is 5.15. The Hall–Kier alpha value is -1.18. The molecule has 7 heteroatoms. The number of nitrogens with one attached hydrogen (secondary N) is 2. The Morgan fingerprint density at radius 1 is 1.33 bits per heavy atom. The van der Waals surface area contributed by atoms with Crippen molar-refractivity contribution in [3.05, 3.63) is 15.6 Å². The van der Waals surface area contributed by atoms with Gasteiger partial charge in [0.05, 0.1) is 18.8 Å². The van der Waals surface area contributed by atoms with Crippen LogP contribution >= 0.6 is 11.3 Å². The Labute approximate surface area is 149 Å². The van der Waals surface area contributed by atoms with Gasteiger partial charge in [-0.15, -0.1) is 11.3 Å². The predicted octanol–water partition coefficient (Wildman–Crippen LogP) is 1.78. The molecule has 2 N–H and O–H groups in total. The molecule has 1 aliphatic rings. The van der Waals surface area contributed by atoms with Gasteiger partial charge < -0.3 is 20.3 Å². The van der Waals surface area contributed by atoms with Crippen LogP contribution in [-0.2, 0) is 11.3 Å². The van der Waals surface area contributed by atoms with Crippen LogP contribution in [0.2, 0.25) is 0 Å². The number of piperidine rings is 1. The van der Waals surface area contributed by atoms with Crippen LogP contribution in [0.4, 0.5) is 0 Å². The summed E-state index contributed by atoms with van der Waals surface area (Å²) >= 11 is 1.75. The van der Waals surface area contributed by atoms with Crippen LogP contribution in [-0.4, -0.2) is 62.8 Å². The van der Waals surface area contributed by atoms with Crippen LogP contribution < -0.4 is 10.6 Å². The fourth-order valence-corrected chi connectivity index (χ4v) is 3.74. The SMILES string of the molecule is CN=C(NCc1nc(C)c(C)s1)NCC1CCN(CCOC)CC1. The van der Waals surface area contributed by atoms with Crippen LogP contribution in [0.15, 0.2) is 4.99 Å². The highest BCUT2D eigenvalue weighted by molar-refractivity contribution is 7.11. The van der Waals surface area contributed by atoms with Gasteiger partial charge in [0.2, 0.25) is 0 Å². The van der Waals surface area contributed by atoms with Crippen LogP contribution in [0.5, 0.6) is 0 Å². The molecule has 1 aromatic rings. The van der Waals surface area contributed by atoms with E-state index in [1.54, 1.807) is 18.4 Å². The van der Waals surface area contributed by atoms with Gasteiger partial charge in [-0.1, -0.05) is 0 Å². The van der Waals surface area contributed by atoms with Gasteiger partial charge in [-0.05, 0) is 45.7 Å². The fourth-order valence-electron chi connectivity index (χ4n) is 2.87. The molecule has 0 aromatic carbocycles. The highest BCUT2D eigenvalue weighted by Gasteiger charge is 2.19. The number of hydrogen-bond acceptors (Lipinski definition) is 5. The van der Waals surface area contributed by atoms with E-state index >= 15 is 0 Å². The first-order valence-corrected chi connectivity index (χ1v) is 9.52. The van der Waals surface area contributed by atoms with Crippen molar-refractivity contribution >= 4 is 17.3 Å². The predicted molar refractivity (Wildman–Crippen MR) is 101 cm³/mol. The number of aryl methyl sites for hydroxylation is 2. The first-order valence-electron chi connectivity index (χ1n) is 8.71. The molecule has 6 nitrogen and oxygen atoms in total. The smallest absolute Gasteiger partial charge is 0.191 e. The molecule has 2 heterocycles. The molecule has 2 rings (SSSR count). The lowest BCUT2D eigenvalue weighted by molar-refractivity contribution is 0.121. The van der Waals surface area contributed by atoms with E-state index in [0.717, 1.165) is 42.9 Å². The number of methoxy groups -OCH3 is 1. The summed E-state index contributed by atoms with van der Waals surface area (Å²) in [6.07, 6.45) is 2.47. The third-order valence-electron chi connectivity index (χ3n) is 4.58. The molecule has 0 atom stereocenters. The minimum atomic E-state index is 0.715. The molecule has 1 fully saturated rings. The van der Waals surface area contributed by atoms with Gasteiger partial charge in [-0.2, -0.15) is 0 Å². The second-order valence-electron chi connectivity index (χ2n) is 6.33. The maximum Gasteiger partial charge on any atom is 0.191 e. The lowest BCUT2D eigenvalue weighted by Gasteiger charge is -2.32. The van der Waals surface area contributed by atoms with Gasteiger partial charge >= 0.3 is 0 Å². The maximum absolute atomic E-state index is 5.15. The summed E-state index contributed by atoms with van der Waals surface area (Å²) in [5.74, 6) is 1.58. The summed E-state index contributed by atoms with van der Waals surface area (Å²) in [5, 5.41) is 7.93. The first-order chi connectivity index (χ1) is 11.6. The maximum atomic E-state index is 5.15. The van der Waals surface area contributed by atoms with E-state index in [2.05, 4.69) is 39.4 Å². The zero-order valence-corrected chi connectivity index (χ0v) is 16.2. The van der Waals surface area contributed by atoms with Crippen molar-refractivity contribution in [3.8, 4) is 0 Å². The molecule has 0 saturated carbocycles. The van der Waals surface area contributed by atoms with Crippen molar-refractivity contribution in [2.24, 2.45) is 10.9 Å². The number of hydrogen-bond donors (Lipinski definition) is 2. The largest absolute Gasteiger partial charge is 0.383 e. The van der Waals surface area contributed by atoms with Crippen molar-refractivity contribution in [1.29, 1.82) is 0 Å². The second kappa shape index (κ2) is 9.96. The van der Waals surface area contributed by atoms with Crippen LogP contribution in [0.1, 0.15) is 28.4 Å². The zero-order valence-electron chi connectivity index (χ0n) is 15.4. The number of nitrogens with zero attached hydrogens (tertiary/aromatic N) is 3. The number of guanidine groups is 1. The fraction of sp³-hybridized carbons (Fsp3) is 0.765. The van der Waals surface area contributed by atoms with Gasteiger partial charge in [-0.3, -0.25) is 4.99 Å². The monoisotopic (exact) mass is 353 g/mol. The van der Waals surface area contributed by atoms with E-state index < -0.39 is 0 Å². The third kappa shape index (κ3) is 6.03. The van der Waals surface area contributed by atoms with E-state index in [4.69, 9.17) is 4.74 Å². The van der Waals surface area contributed by atoms with Gasteiger partial charge in [0.1, 0.15) is 5.01 Å². The van der Waals surface area contributed by atoms with E-state index in [1.165, 1.54) is 30.8 Å². The molecule has 136 valence electrons. The van der Waals surface area contributed by atoms with Crippen molar-refractivity contribution < 1.29 is 4.74 Å². The number of likely N-dealkylation sites (tertiary alicyclic amines) is 1. The highest BCUT2D eigenvalue weighted by atomic mass is 32.1. The third-order valence-corrected chi connectivity index (χ3v) is 5.65. The zero-order chi connectivity index (χ0) is 17.4. The summed E-state index contributed by atoms with van der Waals surface area (Å²) in [5.41, 5.74) is 1.12. The molecule has 0 amide bonds. The quantitative estimate of drug-likeness (QED) is 0.578. The normalized spacial score (nSPS) is 17.2. The Morgan fingerprint density at radius 2 is 2.08 bits per heavy atom. The number of aromatic nitrogens is 1. The standard InChI is InChI=1S/C17H31N5OS/c1-13-14(2)24-16(21-13)12-20-17(18-3)19-11-15-5-7-22(8-6-15)9-10-23-4/h15H,5-12H2,1-4H3,(H2,18,19,20). The number of aliphatic imine (C=N–C) groups is 1. The molecule has 24 heavy (non-hydrogen) atoms. The molecule has 0 aliphatic carbocycles. The number of ether oxygens (including phenoxy) is 1. The summed E-state index contributed by atoms with van der Waals surface area (Å²) in [4.78, 5) is 12.6. The Bertz CT molecular complexity index is 504. The van der Waals surface area contributed by atoms with Gasteiger partial charge in [-0.25, -0.2) is 4.98 Å². The highest BCUT2D eigenvalue weighted by Crippen LogP contribution is 2.17. The topological polar surface area (TPSA) is 61.8 Å². The molecular formula is C17H31N5OS. The van der Waals surface area contributed by atoms with E-state index in [9.17, 15) is 0 Å². The molecular weight excluding hydrogens is 322 g/mol. The average molecular weight is 354 g/mol. The summed E-state index contributed by atoms with van der Waals surface area (Å²) in [6, 6.07) is 0. The molecule has 1 aromatic heterocycles. The Morgan fingerprint density at radius 3 is 2.67 bits per heavy atom. The Kier molecular flexibility index (Phi) is 7.94. The molecule has 1 saturated heterocycles. The summed E-state index contributed by atoms with van der Waals surface area (Å²) in [7, 11) is 3.59. The lowest BCUT2D eigenvalue weighted by atomic mass is 9.97. The first kappa shape index (κ1) is 19.1. The molecule has 0 spiro atoms. The second-order valence-corrected chi connectivity index (χ2v) is 7.62. The lowest BCUT2D eigenvalue weighted by Crippen LogP contribution is -2.43. The van der Waals surface area contributed by atoms with Crippen molar-refractivity contribution in [2.75, 3.05) is 46.9 Å². The minimum Gasteiger partial charge on any atom is -0.383 e. The number of thiazole rings is 1. The van der Waals surface area contributed by atoms with Crippen molar-refractivity contribution in [3.63, 3.8) is 0 Å². The minimum absolute atomic E-state index is 0.715. The summed E-state index contributed by atoms with van der Waals surface area (Å²) in [6.45, 7) is 10.1. The van der Waals surface area contributed by atoms with E-state index in [-0.39, 0.29) is 0 Å². The molecule has 0 radical (unpaired) electrons. The van der Waals surface area contributed by atoms with E-state index in [1.807, 2.05) is 7.05 Å². The van der Waals surface area contributed by atoms with Crippen molar-refractivity contribution in [2.45, 2.75) is 33.2 Å². The van der Waals surface area contributed by atoms with Crippen LogP contribution in [0.3, 0.4) is 0 Å². The van der Waals surface area contributed by atoms with Crippen molar-refractivity contribution in [1.82, 2.24) is 20.5 Å². The number of rotatable bonds is 7. The molecule has 0 bridgehead atoms. The molecule has 0 unspecified atom stereocenters. The average Bonchev–Trinajstić information content (AvgIpc) is 2.92. The van der Waals surface area contributed by atoms with Gasteiger partial charge in [0, 0.05) is 32.1 Å².